The first-order valence-corrected chi connectivity index (χ1v) is 7.41. The molecule has 0 saturated heterocycles. The molecule has 0 unspecified atom stereocenters. The number of aromatic nitrogens is 2. The van der Waals surface area contributed by atoms with Gasteiger partial charge in [0.15, 0.2) is 16.7 Å². The molecule has 0 radical (unpaired) electrons. The lowest BCUT2D eigenvalue weighted by molar-refractivity contribution is 0.0996. The SMILES string of the molecule is Cc1nc(C(N)=O)c(Nc2cccc(CCNC(=O)O)c2)nc1Cl. The number of benzene rings is 1. The van der Waals surface area contributed by atoms with Gasteiger partial charge in [-0.3, -0.25) is 4.79 Å². The van der Waals surface area contributed by atoms with Crippen LogP contribution in [-0.2, 0) is 6.42 Å². The summed E-state index contributed by atoms with van der Waals surface area (Å²) in [7, 11) is 0. The molecule has 8 nitrogen and oxygen atoms in total. The van der Waals surface area contributed by atoms with E-state index >= 15 is 0 Å². The van der Waals surface area contributed by atoms with Gasteiger partial charge in [-0.05, 0) is 31.0 Å². The molecule has 0 aliphatic carbocycles. The second-order valence-corrected chi connectivity index (χ2v) is 5.33. The largest absolute Gasteiger partial charge is 0.465 e. The van der Waals surface area contributed by atoms with Crippen LogP contribution >= 0.6 is 11.6 Å². The third kappa shape index (κ3) is 4.56. The number of rotatable bonds is 6. The van der Waals surface area contributed by atoms with E-state index in [1.54, 1.807) is 19.1 Å². The van der Waals surface area contributed by atoms with Gasteiger partial charge in [-0.1, -0.05) is 23.7 Å². The smallest absolute Gasteiger partial charge is 0.404 e. The number of primary amides is 1. The van der Waals surface area contributed by atoms with E-state index in [0.29, 0.717) is 24.3 Å². The molecule has 1 aromatic carbocycles. The maximum absolute atomic E-state index is 11.5. The first kappa shape index (κ1) is 17.5. The van der Waals surface area contributed by atoms with Crippen LogP contribution in [0.2, 0.25) is 5.15 Å². The molecule has 0 spiro atoms. The molecule has 9 heteroatoms. The fraction of sp³-hybridized carbons (Fsp3) is 0.200. The number of nitrogens with one attached hydrogen (secondary N) is 2. The van der Waals surface area contributed by atoms with Crippen molar-refractivity contribution < 1.29 is 14.7 Å². The fourth-order valence-electron chi connectivity index (χ4n) is 2.01. The zero-order chi connectivity index (χ0) is 17.7. The minimum atomic E-state index is -1.07. The van der Waals surface area contributed by atoms with Crippen LogP contribution in [-0.4, -0.2) is 33.6 Å². The van der Waals surface area contributed by atoms with Crippen molar-refractivity contribution in [2.75, 3.05) is 11.9 Å². The summed E-state index contributed by atoms with van der Waals surface area (Å²) < 4.78 is 0. The number of carbonyl (C=O) groups excluding carboxylic acids is 1. The molecule has 0 aliphatic rings. The maximum Gasteiger partial charge on any atom is 0.404 e. The molecule has 2 amide bonds. The van der Waals surface area contributed by atoms with E-state index < -0.39 is 12.0 Å². The fourth-order valence-corrected chi connectivity index (χ4v) is 2.14. The van der Waals surface area contributed by atoms with E-state index in [9.17, 15) is 9.59 Å². The second kappa shape index (κ2) is 7.60. The summed E-state index contributed by atoms with van der Waals surface area (Å²) in [5.74, 6) is -0.550. The monoisotopic (exact) mass is 349 g/mol. The van der Waals surface area contributed by atoms with Crippen molar-refractivity contribution in [3.63, 3.8) is 0 Å². The Morgan fingerprint density at radius 1 is 1.33 bits per heavy atom. The average molecular weight is 350 g/mol. The number of amides is 2. The molecule has 24 heavy (non-hydrogen) atoms. The van der Waals surface area contributed by atoms with Gasteiger partial charge in [0.2, 0.25) is 0 Å². The number of anilines is 2. The van der Waals surface area contributed by atoms with Crippen LogP contribution in [0, 0.1) is 6.92 Å². The zero-order valence-electron chi connectivity index (χ0n) is 12.8. The van der Waals surface area contributed by atoms with Gasteiger partial charge in [0, 0.05) is 12.2 Å². The first-order chi connectivity index (χ1) is 11.4. The minimum absolute atomic E-state index is 0.00477. The van der Waals surface area contributed by atoms with E-state index in [0.717, 1.165) is 5.56 Å². The molecule has 1 heterocycles. The van der Waals surface area contributed by atoms with Gasteiger partial charge in [-0.25, -0.2) is 14.8 Å². The molecular weight excluding hydrogens is 334 g/mol. The van der Waals surface area contributed by atoms with Gasteiger partial charge in [0.25, 0.3) is 5.91 Å². The van der Waals surface area contributed by atoms with Gasteiger partial charge >= 0.3 is 6.09 Å². The van der Waals surface area contributed by atoms with Crippen molar-refractivity contribution in [3.8, 4) is 0 Å². The number of nitrogens with zero attached hydrogens (tertiary/aromatic N) is 2. The molecule has 0 bridgehead atoms. The number of hydrogen-bond donors (Lipinski definition) is 4. The molecule has 2 aromatic rings. The van der Waals surface area contributed by atoms with Crippen molar-refractivity contribution in [2.24, 2.45) is 5.73 Å². The van der Waals surface area contributed by atoms with E-state index in [1.807, 2.05) is 12.1 Å². The molecule has 0 saturated carbocycles. The average Bonchev–Trinajstić information content (AvgIpc) is 2.50. The summed E-state index contributed by atoms with van der Waals surface area (Å²) in [5.41, 5.74) is 7.28. The summed E-state index contributed by atoms with van der Waals surface area (Å²) in [6, 6.07) is 7.24. The van der Waals surface area contributed by atoms with Gasteiger partial charge in [0.1, 0.15) is 0 Å². The number of carbonyl (C=O) groups is 2. The van der Waals surface area contributed by atoms with Crippen molar-refractivity contribution in [3.05, 3.63) is 46.4 Å². The van der Waals surface area contributed by atoms with Crippen molar-refractivity contribution >= 4 is 35.1 Å². The lowest BCUT2D eigenvalue weighted by atomic mass is 10.1. The van der Waals surface area contributed by atoms with E-state index in [1.165, 1.54) is 0 Å². The van der Waals surface area contributed by atoms with Gasteiger partial charge in [-0.15, -0.1) is 0 Å². The summed E-state index contributed by atoms with van der Waals surface area (Å²) >= 11 is 5.96. The number of nitrogens with two attached hydrogens (primary N) is 1. The lowest BCUT2D eigenvalue weighted by Crippen LogP contribution is -2.23. The summed E-state index contributed by atoms with van der Waals surface area (Å²) in [6.07, 6.45) is -0.551. The maximum atomic E-state index is 11.5. The Kier molecular flexibility index (Phi) is 5.54. The van der Waals surface area contributed by atoms with Crippen LogP contribution in [0.3, 0.4) is 0 Å². The number of halogens is 1. The molecule has 0 aliphatic heterocycles. The van der Waals surface area contributed by atoms with E-state index in [2.05, 4.69) is 20.6 Å². The van der Waals surface area contributed by atoms with Crippen LogP contribution in [0.1, 0.15) is 21.7 Å². The summed E-state index contributed by atoms with van der Waals surface area (Å²) in [5, 5.41) is 14.0. The zero-order valence-corrected chi connectivity index (χ0v) is 13.6. The second-order valence-electron chi connectivity index (χ2n) is 4.97. The van der Waals surface area contributed by atoms with Crippen LogP contribution in [0.15, 0.2) is 24.3 Å². The quantitative estimate of drug-likeness (QED) is 0.631. The first-order valence-electron chi connectivity index (χ1n) is 7.03. The van der Waals surface area contributed by atoms with Crippen LogP contribution in [0.25, 0.3) is 0 Å². The van der Waals surface area contributed by atoms with Crippen LogP contribution in [0.5, 0.6) is 0 Å². The highest BCUT2D eigenvalue weighted by Gasteiger charge is 2.15. The van der Waals surface area contributed by atoms with Gasteiger partial charge in [0.05, 0.1) is 5.69 Å². The summed E-state index contributed by atoms with van der Waals surface area (Å²) in [4.78, 5) is 30.1. The highest BCUT2D eigenvalue weighted by molar-refractivity contribution is 6.30. The Balaban J connectivity index is 2.20. The number of hydrogen-bond acceptors (Lipinski definition) is 5. The Hall–Kier alpha value is -2.87. The standard InChI is InChI=1S/C15H16ClN5O3/c1-8-12(16)21-14(11(19-8)13(17)22)20-10-4-2-3-9(7-10)5-6-18-15(23)24/h2-4,7,18H,5-6H2,1H3,(H2,17,22)(H,20,21)(H,23,24). The summed E-state index contributed by atoms with van der Waals surface area (Å²) in [6.45, 7) is 1.92. The topological polar surface area (TPSA) is 130 Å². The Labute approximate surface area is 143 Å². The molecule has 2 rings (SSSR count). The Morgan fingerprint density at radius 3 is 2.75 bits per heavy atom. The minimum Gasteiger partial charge on any atom is -0.465 e. The predicted molar refractivity (Wildman–Crippen MR) is 89.8 cm³/mol. The van der Waals surface area contributed by atoms with Crippen molar-refractivity contribution in [1.29, 1.82) is 0 Å². The number of carboxylic acid groups (broad SMARTS) is 1. The Bertz CT molecular complexity index is 782. The van der Waals surface area contributed by atoms with E-state index in [4.69, 9.17) is 22.4 Å². The van der Waals surface area contributed by atoms with Crippen LogP contribution in [0.4, 0.5) is 16.3 Å². The molecule has 5 N–H and O–H groups in total. The van der Waals surface area contributed by atoms with Crippen LogP contribution < -0.4 is 16.4 Å². The molecule has 0 atom stereocenters. The van der Waals surface area contributed by atoms with Gasteiger partial charge in [-0.2, -0.15) is 0 Å². The van der Waals surface area contributed by atoms with Gasteiger partial charge < -0.3 is 21.5 Å². The molecule has 0 fully saturated rings. The predicted octanol–water partition coefficient (Wildman–Crippen LogP) is 2.09. The number of aryl methyl sites for hydroxylation is 1. The molecular formula is C15H16ClN5O3. The van der Waals surface area contributed by atoms with Crippen molar-refractivity contribution in [1.82, 2.24) is 15.3 Å². The highest BCUT2D eigenvalue weighted by atomic mass is 35.5. The lowest BCUT2D eigenvalue weighted by Gasteiger charge is -2.11. The highest BCUT2D eigenvalue weighted by Crippen LogP contribution is 2.22. The van der Waals surface area contributed by atoms with Crippen molar-refractivity contribution in [2.45, 2.75) is 13.3 Å². The third-order valence-corrected chi connectivity index (χ3v) is 3.48. The Morgan fingerprint density at radius 2 is 2.08 bits per heavy atom. The molecule has 126 valence electrons. The molecule has 1 aromatic heterocycles. The van der Waals surface area contributed by atoms with E-state index in [-0.39, 0.29) is 16.7 Å². The third-order valence-electron chi connectivity index (χ3n) is 3.13. The normalized spacial score (nSPS) is 10.2.